The van der Waals surface area contributed by atoms with E-state index in [4.69, 9.17) is 0 Å². The van der Waals surface area contributed by atoms with Crippen LogP contribution in [0, 0.1) is 12.8 Å². The van der Waals surface area contributed by atoms with E-state index in [0.717, 1.165) is 0 Å². The Morgan fingerprint density at radius 1 is 0.970 bits per heavy atom. The molecule has 0 radical (unpaired) electrons. The number of pyridine rings is 1. The van der Waals surface area contributed by atoms with E-state index in [9.17, 15) is 19.5 Å². The Labute approximate surface area is 191 Å². The zero-order chi connectivity index (χ0) is 23.4. The van der Waals surface area contributed by atoms with Crippen molar-refractivity contribution in [2.24, 2.45) is 5.92 Å². The number of hydrogen-bond acceptors (Lipinski definition) is 6. The average Bonchev–Trinajstić information content (AvgIpc) is 3.27. The first kappa shape index (κ1) is 22.4. The molecule has 1 aliphatic heterocycles. The fraction of sp³-hybridized carbons (Fsp3) is 0.231. The molecule has 4 rings (SSSR count). The number of nitrogens with one attached hydrogen (secondary N) is 2. The number of phenolic OH excluding ortho intramolecular Hbond substituents is 1. The summed E-state index contributed by atoms with van der Waals surface area (Å²) in [6.07, 6.45) is 3.41. The van der Waals surface area contributed by atoms with E-state index in [1.165, 1.54) is 0 Å². The molecule has 1 aliphatic rings. The monoisotopic (exact) mass is 443 g/mol. The standard InChI is InChI=1S/C26H25N3O4/c1-16-3-2-4-21(24(16)31)25(32)18-7-5-17(6-8-18)23(30)13-20-14-28-15-22(20)29-26(33)19-9-11-27-12-10-19/h2-12,20,22,28,31H,13-15H2,1H3,(H,29,33)/t20-,22-/m1/s1. The molecule has 1 fully saturated rings. The number of hydrogen-bond donors (Lipinski definition) is 3. The second kappa shape index (κ2) is 9.75. The molecule has 3 N–H and O–H groups in total. The smallest absolute Gasteiger partial charge is 0.251 e. The van der Waals surface area contributed by atoms with Crippen LogP contribution in [0.2, 0.25) is 0 Å². The summed E-state index contributed by atoms with van der Waals surface area (Å²) in [5.41, 5.74) is 2.30. The van der Waals surface area contributed by atoms with Crippen LogP contribution >= 0.6 is 0 Å². The minimum atomic E-state index is -0.297. The van der Waals surface area contributed by atoms with Crippen LogP contribution in [0.15, 0.2) is 67.0 Å². The molecule has 2 atom stereocenters. The number of phenols is 1. The molecule has 3 aromatic rings. The van der Waals surface area contributed by atoms with Gasteiger partial charge < -0.3 is 15.7 Å². The van der Waals surface area contributed by atoms with E-state index in [0.29, 0.717) is 35.3 Å². The van der Waals surface area contributed by atoms with Crippen molar-refractivity contribution in [2.45, 2.75) is 19.4 Å². The number of aromatic hydroxyl groups is 1. The predicted octanol–water partition coefficient (Wildman–Crippen LogP) is 2.92. The maximum Gasteiger partial charge on any atom is 0.251 e. The van der Waals surface area contributed by atoms with Crippen molar-refractivity contribution in [3.63, 3.8) is 0 Å². The highest BCUT2D eigenvalue weighted by atomic mass is 16.3. The zero-order valence-electron chi connectivity index (χ0n) is 18.2. The van der Waals surface area contributed by atoms with Crippen LogP contribution in [-0.4, -0.2) is 46.7 Å². The molecule has 1 amide bonds. The van der Waals surface area contributed by atoms with Crippen molar-refractivity contribution in [3.8, 4) is 5.75 Å². The summed E-state index contributed by atoms with van der Waals surface area (Å²) in [6, 6.07) is 14.7. The number of aryl methyl sites for hydroxylation is 1. The third-order valence-electron chi connectivity index (χ3n) is 6.00. The highest BCUT2D eigenvalue weighted by Gasteiger charge is 2.30. The number of carbonyl (C=O) groups excluding carboxylic acids is 3. The van der Waals surface area contributed by atoms with Gasteiger partial charge in [0, 0.05) is 60.6 Å². The molecule has 0 bridgehead atoms. The largest absolute Gasteiger partial charge is 0.507 e. The lowest BCUT2D eigenvalue weighted by Crippen LogP contribution is -2.41. The van der Waals surface area contributed by atoms with Gasteiger partial charge in [-0.05, 0) is 30.7 Å². The lowest BCUT2D eigenvalue weighted by Gasteiger charge is -2.19. The van der Waals surface area contributed by atoms with Gasteiger partial charge in [-0.1, -0.05) is 36.4 Å². The van der Waals surface area contributed by atoms with Crippen LogP contribution < -0.4 is 10.6 Å². The highest BCUT2D eigenvalue weighted by molar-refractivity contribution is 6.11. The Morgan fingerprint density at radius 3 is 2.39 bits per heavy atom. The molecule has 0 unspecified atom stereocenters. The number of Topliss-reactive ketones (excluding diaryl/α,β-unsaturated/α-hetero) is 1. The molecule has 168 valence electrons. The van der Waals surface area contributed by atoms with Gasteiger partial charge in [0.25, 0.3) is 5.91 Å². The third-order valence-corrected chi connectivity index (χ3v) is 6.00. The van der Waals surface area contributed by atoms with Gasteiger partial charge >= 0.3 is 0 Å². The molecule has 7 heteroatoms. The second-order valence-electron chi connectivity index (χ2n) is 8.24. The fourth-order valence-electron chi connectivity index (χ4n) is 4.03. The second-order valence-corrected chi connectivity index (χ2v) is 8.24. The van der Waals surface area contributed by atoms with Gasteiger partial charge in [0.1, 0.15) is 5.75 Å². The van der Waals surface area contributed by atoms with Gasteiger partial charge in [-0.25, -0.2) is 0 Å². The molecule has 1 aromatic heterocycles. The normalized spacial score (nSPS) is 17.5. The molecule has 0 saturated carbocycles. The van der Waals surface area contributed by atoms with Crippen LogP contribution in [0.4, 0.5) is 0 Å². The van der Waals surface area contributed by atoms with E-state index in [1.54, 1.807) is 73.9 Å². The fourth-order valence-corrected chi connectivity index (χ4v) is 4.03. The summed E-state index contributed by atoms with van der Waals surface area (Å²) in [4.78, 5) is 42.0. The molecule has 1 saturated heterocycles. The summed E-state index contributed by atoms with van der Waals surface area (Å²) < 4.78 is 0. The Hall–Kier alpha value is -3.84. The van der Waals surface area contributed by atoms with Gasteiger partial charge in [-0.3, -0.25) is 19.4 Å². The van der Waals surface area contributed by atoms with Crippen molar-refractivity contribution in [2.75, 3.05) is 13.1 Å². The number of carbonyl (C=O) groups is 3. The van der Waals surface area contributed by atoms with E-state index < -0.39 is 0 Å². The van der Waals surface area contributed by atoms with Crippen LogP contribution in [0.3, 0.4) is 0 Å². The Balaban J connectivity index is 1.40. The number of rotatable bonds is 7. The van der Waals surface area contributed by atoms with E-state index in [-0.39, 0.29) is 47.2 Å². The van der Waals surface area contributed by atoms with Gasteiger partial charge in [-0.2, -0.15) is 0 Å². The first-order valence-electron chi connectivity index (χ1n) is 10.8. The van der Waals surface area contributed by atoms with Crippen molar-refractivity contribution in [1.82, 2.24) is 15.6 Å². The van der Waals surface area contributed by atoms with Crippen LogP contribution in [0.5, 0.6) is 5.75 Å². The highest BCUT2D eigenvalue weighted by Crippen LogP contribution is 2.25. The lowest BCUT2D eigenvalue weighted by atomic mass is 9.93. The maximum absolute atomic E-state index is 12.9. The lowest BCUT2D eigenvalue weighted by molar-refractivity contribution is 0.0902. The van der Waals surface area contributed by atoms with Gasteiger partial charge in [0.15, 0.2) is 11.6 Å². The van der Waals surface area contributed by atoms with Gasteiger partial charge in [0.05, 0.1) is 5.56 Å². The van der Waals surface area contributed by atoms with Crippen LogP contribution in [0.1, 0.15) is 48.6 Å². The summed E-state index contributed by atoms with van der Waals surface area (Å²) in [7, 11) is 0. The molecule has 0 spiro atoms. The number of aromatic nitrogens is 1. The molecular weight excluding hydrogens is 418 g/mol. The predicted molar refractivity (Wildman–Crippen MR) is 124 cm³/mol. The Kier molecular flexibility index (Phi) is 6.60. The molecule has 0 aliphatic carbocycles. The molecule has 2 aromatic carbocycles. The van der Waals surface area contributed by atoms with Crippen molar-refractivity contribution in [3.05, 3.63) is 94.8 Å². The summed E-state index contributed by atoms with van der Waals surface area (Å²) >= 11 is 0. The molecule has 33 heavy (non-hydrogen) atoms. The topological polar surface area (TPSA) is 108 Å². The molecule has 7 nitrogen and oxygen atoms in total. The minimum Gasteiger partial charge on any atom is -0.507 e. The average molecular weight is 444 g/mol. The third kappa shape index (κ3) is 4.99. The summed E-state index contributed by atoms with van der Waals surface area (Å²) in [5.74, 6) is -0.603. The minimum absolute atomic E-state index is 0.0313. The van der Waals surface area contributed by atoms with Gasteiger partial charge in [0.2, 0.25) is 0 Å². The maximum atomic E-state index is 12.9. The Bertz CT molecular complexity index is 1180. The quantitative estimate of drug-likeness (QED) is 0.485. The van der Waals surface area contributed by atoms with Crippen LogP contribution in [-0.2, 0) is 0 Å². The van der Waals surface area contributed by atoms with E-state index in [2.05, 4.69) is 15.6 Å². The van der Waals surface area contributed by atoms with E-state index in [1.807, 2.05) is 0 Å². The van der Waals surface area contributed by atoms with E-state index >= 15 is 0 Å². The summed E-state index contributed by atoms with van der Waals surface area (Å²) in [5, 5.41) is 16.4. The van der Waals surface area contributed by atoms with Crippen molar-refractivity contribution < 1.29 is 19.5 Å². The first-order chi connectivity index (χ1) is 15.9. The number of amides is 1. The number of ketones is 2. The number of benzene rings is 2. The van der Waals surface area contributed by atoms with Gasteiger partial charge in [-0.15, -0.1) is 0 Å². The SMILES string of the molecule is Cc1cccc(C(=O)c2ccc(C(=O)C[C@@H]3CNC[C@H]3NC(=O)c3ccncc3)cc2)c1O. The number of nitrogens with zero attached hydrogens (tertiary/aromatic N) is 1. The number of para-hydroxylation sites is 1. The van der Waals surface area contributed by atoms with Crippen LogP contribution in [0.25, 0.3) is 0 Å². The first-order valence-corrected chi connectivity index (χ1v) is 10.8. The zero-order valence-corrected chi connectivity index (χ0v) is 18.2. The Morgan fingerprint density at radius 2 is 1.67 bits per heavy atom. The molecule has 2 heterocycles. The molecular formula is C26H25N3O4. The summed E-state index contributed by atoms with van der Waals surface area (Å²) in [6.45, 7) is 2.97. The van der Waals surface area contributed by atoms with Crippen molar-refractivity contribution in [1.29, 1.82) is 0 Å². The van der Waals surface area contributed by atoms with Crippen molar-refractivity contribution >= 4 is 17.5 Å².